The van der Waals surface area contributed by atoms with Crippen molar-refractivity contribution < 1.29 is 27.5 Å². The van der Waals surface area contributed by atoms with Crippen LogP contribution in [0.25, 0.3) is 0 Å². The van der Waals surface area contributed by atoms with Gasteiger partial charge in [-0.15, -0.1) is 0 Å². The second kappa shape index (κ2) is 12.0. The van der Waals surface area contributed by atoms with Crippen molar-refractivity contribution in [3.63, 3.8) is 0 Å². The standard InChI is InChI=1S/C33H44F3N5O3/c1-22-16-39(25(18-38-13-12-24(34)17-38)19-40(22)30(43)44-31(2,3)4)20-29(42)41-21-32(5,6)26-15-37-28(14-27(26)41)33(35,36)23-10-8-7-9-11-23/h7-11,14-15,22,24-25H,12-13,16-21H2,1-6H3/t22-,24?,25+/m1/s1. The molecule has 11 heteroatoms. The van der Waals surface area contributed by atoms with E-state index in [1.165, 1.54) is 24.4 Å². The van der Waals surface area contributed by atoms with Gasteiger partial charge in [0.25, 0.3) is 0 Å². The summed E-state index contributed by atoms with van der Waals surface area (Å²) in [4.78, 5) is 38.7. The lowest BCUT2D eigenvalue weighted by molar-refractivity contribution is -0.121. The molecule has 2 aromatic rings. The van der Waals surface area contributed by atoms with E-state index in [1.807, 2.05) is 51.3 Å². The first kappa shape index (κ1) is 32.2. The molecule has 2 fully saturated rings. The van der Waals surface area contributed by atoms with E-state index in [0.29, 0.717) is 51.4 Å². The molecule has 3 aliphatic heterocycles. The molecule has 0 saturated carbocycles. The number of alkyl halides is 3. The van der Waals surface area contributed by atoms with Gasteiger partial charge in [0.2, 0.25) is 5.91 Å². The van der Waals surface area contributed by atoms with Crippen molar-refractivity contribution in [3.8, 4) is 0 Å². The van der Waals surface area contributed by atoms with Crippen molar-refractivity contribution in [1.82, 2.24) is 19.7 Å². The smallest absolute Gasteiger partial charge is 0.410 e. The van der Waals surface area contributed by atoms with Crippen LogP contribution in [0.3, 0.4) is 0 Å². The summed E-state index contributed by atoms with van der Waals surface area (Å²) in [6, 6.07) is 8.41. The fourth-order valence-electron chi connectivity index (χ4n) is 6.50. The Hall–Kier alpha value is -3.18. The van der Waals surface area contributed by atoms with E-state index in [-0.39, 0.29) is 30.1 Å². The Kier molecular flexibility index (Phi) is 8.76. The molecule has 2 amide bonds. The van der Waals surface area contributed by atoms with Crippen LogP contribution < -0.4 is 4.90 Å². The molecule has 0 radical (unpaired) electrons. The normalized spacial score (nSPS) is 24.4. The fourth-order valence-corrected chi connectivity index (χ4v) is 6.50. The summed E-state index contributed by atoms with van der Waals surface area (Å²) in [5.74, 6) is -3.55. The highest BCUT2D eigenvalue weighted by molar-refractivity contribution is 5.97. The summed E-state index contributed by atoms with van der Waals surface area (Å²) in [5.41, 5.74) is -0.533. The number of benzene rings is 1. The van der Waals surface area contributed by atoms with Crippen LogP contribution in [0.1, 0.15) is 64.8 Å². The number of likely N-dealkylation sites (tertiary alicyclic amines) is 1. The maximum Gasteiger partial charge on any atom is 0.410 e. The molecule has 1 aromatic carbocycles. The third-order valence-electron chi connectivity index (χ3n) is 8.82. The molecule has 0 spiro atoms. The van der Waals surface area contributed by atoms with E-state index >= 15 is 8.78 Å². The van der Waals surface area contributed by atoms with Crippen LogP contribution in [0.4, 0.5) is 23.7 Å². The molecule has 2 saturated heterocycles. The third-order valence-corrected chi connectivity index (χ3v) is 8.82. The molecule has 0 bridgehead atoms. The third kappa shape index (κ3) is 6.73. The summed E-state index contributed by atoms with van der Waals surface area (Å²) in [6.45, 7) is 13.9. The number of nitrogens with zero attached hydrogens (tertiary/aromatic N) is 5. The first-order chi connectivity index (χ1) is 20.5. The van der Waals surface area contributed by atoms with E-state index < -0.39 is 34.9 Å². The number of pyridine rings is 1. The van der Waals surface area contributed by atoms with Crippen LogP contribution in [-0.2, 0) is 20.9 Å². The number of hydrogen-bond acceptors (Lipinski definition) is 6. The van der Waals surface area contributed by atoms with Gasteiger partial charge in [0, 0.05) is 74.1 Å². The number of fused-ring (bicyclic) bond motifs is 1. The van der Waals surface area contributed by atoms with E-state index in [9.17, 15) is 14.0 Å². The van der Waals surface area contributed by atoms with Gasteiger partial charge in [0.1, 0.15) is 17.5 Å². The minimum absolute atomic E-state index is 0.0340. The molecule has 240 valence electrons. The lowest BCUT2D eigenvalue weighted by Gasteiger charge is -2.46. The minimum Gasteiger partial charge on any atom is -0.444 e. The monoisotopic (exact) mass is 615 g/mol. The Bertz CT molecular complexity index is 1370. The van der Waals surface area contributed by atoms with Gasteiger partial charge >= 0.3 is 12.0 Å². The van der Waals surface area contributed by atoms with Crippen LogP contribution in [0.5, 0.6) is 0 Å². The number of amides is 2. The number of rotatable bonds is 6. The van der Waals surface area contributed by atoms with Crippen LogP contribution in [0, 0.1) is 0 Å². The predicted molar refractivity (Wildman–Crippen MR) is 163 cm³/mol. The molecule has 0 aliphatic carbocycles. The SMILES string of the molecule is C[C@@H]1CN(CC(=O)N2CC(C)(C)c3cnc(C(F)(F)c4ccccc4)cc32)[C@@H](CN2CCC(F)C2)CN1C(=O)OC(C)(C)C. The van der Waals surface area contributed by atoms with E-state index in [1.54, 1.807) is 28.0 Å². The number of aromatic nitrogens is 1. The molecule has 5 rings (SSSR count). The van der Waals surface area contributed by atoms with E-state index in [2.05, 4.69) is 4.98 Å². The molecule has 8 nitrogen and oxygen atoms in total. The van der Waals surface area contributed by atoms with Crippen LogP contribution in [0.15, 0.2) is 42.6 Å². The zero-order valence-corrected chi connectivity index (χ0v) is 26.5. The predicted octanol–water partition coefficient (Wildman–Crippen LogP) is 5.20. The number of hydrogen-bond donors (Lipinski definition) is 0. The summed E-state index contributed by atoms with van der Waals surface area (Å²) < 4.78 is 50.8. The Labute approximate surface area is 258 Å². The molecule has 0 N–H and O–H groups in total. The molecular formula is C33H44F3N5O3. The largest absolute Gasteiger partial charge is 0.444 e. The molecule has 1 unspecified atom stereocenters. The highest BCUT2D eigenvalue weighted by Crippen LogP contribution is 2.44. The van der Waals surface area contributed by atoms with Gasteiger partial charge in [-0.2, -0.15) is 8.78 Å². The van der Waals surface area contributed by atoms with Crippen LogP contribution in [-0.4, -0.2) is 101 Å². The molecule has 4 heterocycles. The van der Waals surface area contributed by atoms with Crippen molar-refractivity contribution in [2.75, 3.05) is 50.7 Å². The van der Waals surface area contributed by atoms with Gasteiger partial charge in [-0.3, -0.25) is 19.6 Å². The average molecular weight is 616 g/mol. The first-order valence-corrected chi connectivity index (χ1v) is 15.4. The molecular weight excluding hydrogens is 571 g/mol. The Morgan fingerprint density at radius 1 is 1.09 bits per heavy atom. The quantitative estimate of drug-likeness (QED) is 0.445. The topological polar surface area (TPSA) is 69.2 Å². The minimum atomic E-state index is -3.33. The number of piperazine rings is 1. The van der Waals surface area contributed by atoms with Crippen molar-refractivity contribution in [1.29, 1.82) is 0 Å². The summed E-state index contributed by atoms with van der Waals surface area (Å²) >= 11 is 0. The summed E-state index contributed by atoms with van der Waals surface area (Å²) in [5, 5.41) is 0. The first-order valence-electron chi connectivity index (χ1n) is 15.4. The number of carbonyl (C=O) groups is 2. The van der Waals surface area contributed by atoms with E-state index in [0.717, 1.165) is 5.56 Å². The van der Waals surface area contributed by atoms with Gasteiger partial charge in [0.05, 0.1) is 12.2 Å². The van der Waals surface area contributed by atoms with Crippen molar-refractivity contribution in [2.45, 2.75) is 83.2 Å². The Balaban J connectivity index is 1.39. The van der Waals surface area contributed by atoms with E-state index in [4.69, 9.17) is 4.74 Å². The van der Waals surface area contributed by atoms with Crippen LogP contribution in [0.2, 0.25) is 0 Å². The van der Waals surface area contributed by atoms with Crippen molar-refractivity contribution in [3.05, 3.63) is 59.4 Å². The lowest BCUT2D eigenvalue weighted by atomic mass is 9.88. The molecule has 44 heavy (non-hydrogen) atoms. The van der Waals surface area contributed by atoms with Gasteiger partial charge in [-0.25, -0.2) is 9.18 Å². The second-order valence-electron chi connectivity index (χ2n) is 14.1. The number of anilines is 1. The maximum absolute atomic E-state index is 15.5. The van der Waals surface area contributed by atoms with Gasteiger partial charge in [0.15, 0.2) is 0 Å². The molecule has 3 aliphatic rings. The number of halogens is 3. The van der Waals surface area contributed by atoms with Gasteiger partial charge < -0.3 is 14.5 Å². The summed E-state index contributed by atoms with van der Waals surface area (Å²) in [7, 11) is 0. The average Bonchev–Trinajstić information content (AvgIpc) is 3.48. The van der Waals surface area contributed by atoms with Crippen molar-refractivity contribution >= 4 is 17.7 Å². The highest BCUT2D eigenvalue weighted by Gasteiger charge is 2.44. The zero-order chi connectivity index (χ0) is 32.0. The Morgan fingerprint density at radius 3 is 2.43 bits per heavy atom. The van der Waals surface area contributed by atoms with Gasteiger partial charge in [-0.1, -0.05) is 44.2 Å². The number of carbonyl (C=O) groups excluding carboxylic acids is 2. The van der Waals surface area contributed by atoms with Gasteiger partial charge in [-0.05, 0) is 40.2 Å². The fraction of sp³-hybridized carbons (Fsp3) is 0.606. The lowest BCUT2D eigenvalue weighted by Crippen LogP contribution is -2.63. The summed E-state index contributed by atoms with van der Waals surface area (Å²) in [6.07, 6.45) is 0.622. The second-order valence-corrected chi connectivity index (χ2v) is 14.1. The van der Waals surface area contributed by atoms with Crippen molar-refractivity contribution in [2.24, 2.45) is 0 Å². The van der Waals surface area contributed by atoms with Crippen LogP contribution >= 0.6 is 0 Å². The molecule has 1 aromatic heterocycles. The highest BCUT2D eigenvalue weighted by atomic mass is 19.3. The molecule has 3 atom stereocenters. The Morgan fingerprint density at radius 2 is 1.80 bits per heavy atom. The maximum atomic E-state index is 15.5. The zero-order valence-electron chi connectivity index (χ0n) is 26.5. The number of ether oxygens (including phenoxy) is 1.